The van der Waals surface area contributed by atoms with E-state index in [0.717, 1.165) is 11.1 Å². The van der Waals surface area contributed by atoms with Crippen molar-refractivity contribution in [2.24, 2.45) is 5.73 Å². The van der Waals surface area contributed by atoms with Gasteiger partial charge in [0.05, 0.1) is 22.2 Å². The molecule has 5 nitrogen and oxygen atoms in total. The zero-order valence-corrected chi connectivity index (χ0v) is 14.8. The van der Waals surface area contributed by atoms with Gasteiger partial charge < -0.3 is 15.0 Å². The molecule has 3 heterocycles. The number of hydrogen-bond acceptors (Lipinski definition) is 3. The summed E-state index contributed by atoms with van der Waals surface area (Å²) in [6.45, 7) is 1.08. The first-order chi connectivity index (χ1) is 12.0. The first kappa shape index (κ1) is 16.4. The summed E-state index contributed by atoms with van der Waals surface area (Å²) < 4.78 is 1.74. The number of aromatic nitrogens is 2. The lowest BCUT2D eigenvalue weighted by Gasteiger charge is -2.32. The standard InChI is InChI=1S/C18H16Cl2N4O/c19-12-5-15(20)18-22-13(9-24(18)8-12)6-17(25)23-7-11-3-1-2-4-14(11)16(21)10-23/h1-5,8-9,16H,6-7,10,21H2. The van der Waals surface area contributed by atoms with E-state index in [1.807, 2.05) is 24.3 Å². The number of carbonyl (C=O) groups excluding carboxylic acids is 1. The molecule has 1 aliphatic heterocycles. The molecule has 25 heavy (non-hydrogen) atoms. The Hall–Kier alpha value is -2.08. The van der Waals surface area contributed by atoms with Crippen LogP contribution in [0.2, 0.25) is 10.0 Å². The van der Waals surface area contributed by atoms with Gasteiger partial charge in [-0.3, -0.25) is 4.79 Å². The molecular weight excluding hydrogens is 359 g/mol. The lowest BCUT2D eigenvalue weighted by atomic mass is 9.96. The maximum Gasteiger partial charge on any atom is 0.229 e. The van der Waals surface area contributed by atoms with Crippen LogP contribution >= 0.6 is 23.2 Å². The van der Waals surface area contributed by atoms with E-state index in [9.17, 15) is 4.79 Å². The van der Waals surface area contributed by atoms with E-state index in [1.165, 1.54) is 0 Å². The fraction of sp³-hybridized carbons (Fsp3) is 0.222. The highest BCUT2D eigenvalue weighted by molar-refractivity contribution is 6.36. The molecule has 0 fully saturated rings. The van der Waals surface area contributed by atoms with E-state index in [4.69, 9.17) is 28.9 Å². The van der Waals surface area contributed by atoms with Crippen molar-refractivity contribution in [1.29, 1.82) is 0 Å². The number of rotatable bonds is 2. The minimum Gasteiger partial charge on any atom is -0.336 e. The second-order valence-electron chi connectivity index (χ2n) is 6.23. The van der Waals surface area contributed by atoms with Crippen molar-refractivity contribution in [3.05, 3.63) is 69.6 Å². The Bertz CT molecular complexity index is 969. The molecule has 7 heteroatoms. The van der Waals surface area contributed by atoms with Crippen LogP contribution in [0.25, 0.3) is 5.65 Å². The van der Waals surface area contributed by atoms with Gasteiger partial charge >= 0.3 is 0 Å². The molecule has 0 bridgehead atoms. The maximum absolute atomic E-state index is 12.7. The van der Waals surface area contributed by atoms with Crippen molar-refractivity contribution < 1.29 is 4.79 Å². The van der Waals surface area contributed by atoms with Crippen molar-refractivity contribution in [3.63, 3.8) is 0 Å². The minimum atomic E-state index is -0.164. The smallest absolute Gasteiger partial charge is 0.229 e. The number of nitrogens with two attached hydrogens (primary N) is 1. The van der Waals surface area contributed by atoms with Crippen molar-refractivity contribution in [1.82, 2.24) is 14.3 Å². The predicted molar refractivity (Wildman–Crippen MR) is 97.7 cm³/mol. The molecule has 128 valence electrons. The van der Waals surface area contributed by atoms with E-state index >= 15 is 0 Å². The van der Waals surface area contributed by atoms with Gasteiger partial charge in [0.1, 0.15) is 0 Å². The van der Waals surface area contributed by atoms with E-state index in [1.54, 1.807) is 27.8 Å². The normalized spacial score (nSPS) is 16.9. The van der Waals surface area contributed by atoms with Crippen LogP contribution in [0, 0.1) is 0 Å². The Morgan fingerprint density at radius 2 is 2.08 bits per heavy atom. The van der Waals surface area contributed by atoms with Crippen LogP contribution in [-0.2, 0) is 17.8 Å². The molecule has 0 saturated carbocycles. The molecule has 2 aromatic heterocycles. The summed E-state index contributed by atoms with van der Waals surface area (Å²) in [5.74, 6) is -0.00409. The third-order valence-electron chi connectivity index (χ3n) is 4.44. The predicted octanol–water partition coefficient (Wildman–Crippen LogP) is 3.23. The SMILES string of the molecule is NC1CN(C(=O)Cc2cn3cc(Cl)cc(Cl)c3n2)Cc2ccccc21. The Morgan fingerprint density at radius 3 is 2.92 bits per heavy atom. The number of pyridine rings is 1. The van der Waals surface area contributed by atoms with Crippen molar-refractivity contribution >= 4 is 34.8 Å². The third-order valence-corrected chi connectivity index (χ3v) is 4.93. The monoisotopic (exact) mass is 374 g/mol. The number of benzene rings is 1. The first-order valence-electron chi connectivity index (χ1n) is 7.95. The molecule has 0 saturated heterocycles. The number of halogens is 2. The highest BCUT2D eigenvalue weighted by Crippen LogP contribution is 2.26. The van der Waals surface area contributed by atoms with Crippen LogP contribution in [0.4, 0.5) is 0 Å². The van der Waals surface area contributed by atoms with Crippen LogP contribution in [0.15, 0.2) is 42.7 Å². The molecule has 0 radical (unpaired) electrons. The maximum atomic E-state index is 12.7. The highest BCUT2D eigenvalue weighted by Gasteiger charge is 2.26. The second kappa shape index (κ2) is 6.33. The van der Waals surface area contributed by atoms with Gasteiger partial charge in [0.25, 0.3) is 0 Å². The molecule has 1 aliphatic rings. The molecule has 0 aliphatic carbocycles. The van der Waals surface area contributed by atoms with E-state index in [0.29, 0.717) is 34.5 Å². The van der Waals surface area contributed by atoms with Gasteiger partial charge in [-0.2, -0.15) is 0 Å². The van der Waals surface area contributed by atoms with E-state index in [2.05, 4.69) is 4.98 Å². The van der Waals surface area contributed by atoms with Crippen LogP contribution in [-0.4, -0.2) is 26.7 Å². The molecule has 1 unspecified atom stereocenters. The zero-order valence-electron chi connectivity index (χ0n) is 13.3. The largest absolute Gasteiger partial charge is 0.336 e. The summed E-state index contributed by atoms with van der Waals surface area (Å²) in [6.07, 6.45) is 3.70. The molecular formula is C18H16Cl2N4O. The van der Waals surface area contributed by atoms with Gasteiger partial charge in [-0.25, -0.2) is 4.98 Å². The first-order valence-corrected chi connectivity index (χ1v) is 8.70. The number of amides is 1. The van der Waals surface area contributed by atoms with Gasteiger partial charge in [-0.05, 0) is 17.2 Å². The Balaban J connectivity index is 1.56. The van der Waals surface area contributed by atoms with Gasteiger partial charge in [0, 0.05) is 31.5 Å². The Labute approximate surface area is 155 Å². The lowest BCUT2D eigenvalue weighted by molar-refractivity contribution is -0.131. The molecule has 1 atom stereocenters. The second-order valence-corrected chi connectivity index (χ2v) is 7.07. The average molecular weight is 375 g/mol. The zero-order chi connectivity index (χ0) is 17.6. The van der Waals surface area contributed by atoms with Crippen LogP contribution in [0.5, 0.6) is 0 Å². The number of imidazole rings is 1. The summed E-state index contributed by atoms with van der Waals surface area (Å²) in [4.78, 5) is 18.9. The fourth-order valence-electron chi connectivity index (χ4n) is 3.26. The van der Waals surface area contributed by atoms with Crippen molar-refractivity contribution in [3.8, 4) is 0 Å². The molecule has 3 aromatic rings. The average Bonchev–Trinajstić information content (AvgIpc) is 2.97. The summed E-state index contributed by atoms with van der Waals surface area (Å²) in [7, 11) is 0. The summed E-state index contributed by atoms with van der Waals surface area (Å²) in [6, 6.07) is 9.45. The topological polar surface area (TPSA) is 63.6 Å². The van der Waals surface area contributed by atoms with Crippen molar-refractivity contribution in [2.45, 2.75) is 19.0 Å². The minimum absolute atomic E-state index is 0.00409. The molecule has 2 N–H and O–H groups in total. The highest BCUT2D eigenvalue weighted by atomic mass is 35.5. The van der Waals surface area contributed by atoms with Gasteiger partial charge in [-0.15, -0.1) is 0 Å². The molecule has 0 spiro atoms. The molecule has 4 rings (SSSR count). The van der Waals surface area contributed by atoms with Gasteiger partial charge in [-0.1, -0.05) is 47.5 Å². The quantitative estimate of drug-likeness (QED) is 0.748. The number of nitrogens with zero attached hydrogens (tertiary/aromatic N) is 3. The van der Waals surface area contributed by atoms with Gasteiger partial charge in [0.15, 0.2) is 5.65 Å². The van der Waals surface area contributed by atoms with E-state index in [-0.39, 0.29) is 18.4 Å². The van der Waals surface area contributed by atoms with Crippen LogP contribution in [0.1, 0.15) is 22.9 Å². The Morgan fingerprint density at radius 1 is 1.28 bits per heavy atom. The number of carbonyl (C=O) groups is 1. The molecule has 1 aromatic carbocycles. The van der Waals surface area contributed by atoms with Gasteiger partial charge in [0.2, 0.25) is 5.91 Å². The number of hydrogen-bond donors (Lipinski definition) is 1. The Kier molecular flexibility index (Phi) is 4.15. The summed E-state index contributed by atoms with van der Waals surface area (Å²) in [5.41, 5.74) is 9.67. The van der Waals surface area contributed by atoms with Crippen molar-refractivity contribution in [2.75, 3.05) is 6.54 Å². The van der Waals surface area contributed by atoms with Crippen LogP contribution in [0.3, 0.4) is 0 Å². The summed E-state index contributed by atoms with van der Waals surface area (Å²) >= 11 is 12.2. The number of fused-ring (bicyclic) bond motifs is 2. The van der Waals surface area contributed by atoms with Crippen LogP contribution < -0.4 is 5.73 Å². The fourth-order valence-corrected chi connectivity index (χ4v) is 3.79. The summed E-state index contributed by atoms with van der Waals surface area (Å²) in [5, 5.41) is 0.978. The molecule has 1 amide bonds. The lowest BCUT2D eigenvalue weighted by Crippen LogP contribution is -2.41. The van der Waals surface area contributed by atoms with E-state index < -0.39 is 0 Å². The third kappa shape index (κ3) is 3.11.